The van der Waals surface area contributed by atoms with Gasteiger partial charge in [-0.1, -0.05) is 85.6 Å². The van der Waals surface area contributed by atoms with E-state index in [2.05, 4.69) is 5.32 Å². The summed E-state index contributed by atoms with van der Waals surface area (Å²) in [6.45, 7) is 5.25. The highest BCUT2D eigenvalue weighted by Gasteiger charge is 2.34. The molecule has 10 heteroatoms. The van der Waals surface area contributed by atoms with Crippen LogP contribution in [0.4, 0.5) is 5.69 Å². The zero-order valence-corrected chi connectivity index (χ0v) is 26.1. The third-order valence-corrected chi connectivity index (χ3v) is 8.82. The second kappa shape index (κ2) is 14.7. The number of nitrogens with one attached hydrogen (secondary N) is 1. The molecule has 7 nitrogen and oxygen atoms in total. The van der Waals surface area contributed by atoms with Gasteiger partial charge in [0.1, 0.15) is 12.6 Å². The molecule has 0 aromatic heterocycles. The van der Waals surface area contributed by atoms with Gasteiger partial charge in [-0.15, -0.1) is 0 Å². The van der Waals surface area contributed by atoms with Crippen molar-refractivity contribution in [2.45, 2.75) is 58.7 Å². The lowest BCUT2D eigenvalue weighted by Crippen LogP contribution is -2.54. The van der Waals surface area contributed by atoms with Gasteiger partial charge in [-0.2, -0.15) is 0 Å². The Labute approximate surface area is 253 Å². The third-order valence-electron chi connectivity index (χ3n) is 6.97. The lowest BCUT2D eigenvalue weighted by atomic mass is 10.0. The molecule has 0 spiro atoms. The Morgan fingerprint density at radius 3 is 2.02 bits per heavy atom. The molecule has 0 bridgehead atoms. The van der Waals surface area contributed by atoms with Crippen molar-refractivity contribution in [2.24, 2.45) is 0 Å². The average Bonchev–Trinajstić information content (AvgIpc) is 2.94. The highest BCUT2D eigenvalue weighted by molar-refractivity contribution is 7.92. The average molecular weight is 619 g/mol. The summed E-state index contributed by atoms with van der Waals surface area (Å²) in [5.41, 5.74) is 2.71. The molecule has 2 atom stereocenters. The summed E-state index contributed by atoms with van der Waals surface area (Å²) in [6, 6.07) is 20.3. The van der Waals surface area contributed by atoms with Crippen molar-refractivity contribution >= 4 is 50.7 Å². The predicted molar refractivity (Wildman–Crippen MR) is 167 cm³/mol. The molecule has 0 radical (unpaired) electrons. The van der Waals surface area contributed by atoms with E-state index in [1.54, 1.807) is 30.3 Å². The van der Waals surface area contributed by atoms with E-state index in [0.29, 0.717) is 27.7 Å². The highest BCUT2D eigenvalue weighted by Crippen LogP contribution is 2.28. The molecule has 0 saturated heterocycles. The molecule has 0 aliphatic rings. The second-order valence-corrected chi connectivity index (χ2v) is 12.8. The van der Waals surface area contributed by atoms with Crippen LogP contribution in [0.2, 0.25) is 10.0 Å². The molecular weight excluding hydrogens is 581 g/mol. The number of carbonyl (C=O) groups excluding carboxylic acids is 2. The lowest BCUT2D eigenvalue weighted by molar-refractivity contribution is -0.140. The fourth-order valence-corrected chi connectivity index (χ4v) is 5.73. The van der Waals surface area contributed by atoms with Crippen LogP contribution in [0.5, 0.6) is 0 Å². The first-order chi connectivity index (χ1) is 19.4. The summed E-state index contributed by atoms with van der Waals surface area (Å²) in [6.07, 6.45) is 2.75. The number of nitrogens with zero attached hydrogens (tertiary/aromatic N) is 2. The fraction of sp³-hybridized carbons (Fsp3) is 0.355. The van der Waals surface area contributed by atoms with Crippen LogP contribution in [0.3, 0.4) is 0 Å². The van der Waals surface area contributed by atoms with Crippen molar-refractivity contribution in [2.75, 3.05) is 17.1 Å². The Balaban J connectivity index is 2.09. The molecule has 0 aliphatic carbocycles. The number of carbonyl (C=O) groups is 2. The maximum atomic E-state index is 14.2. The Hall–Kier alpha value is -3.07. The molecule has 1 N–H and O–H groups in total. The van der Waals surface area contributed by atoms with E-state index in [1.165, 1.54) is 4.90 Å². The Morgan fingerprint density at radius 2 is 1.49 bits per heavy atom. The first kappa shape index (κ1) is 32.4. The third kappa shape index (κ3) is 8.96. The molecule has 2 amide bonds. The van der Waals surface area contributed by atoms with Crippen molar-refractivity contribution in [1.82, 2.24) is 10.2 Å². The van der Waals surface area contributed by atoms with Gasteiger partial charge in [0.05, 0.1) is 11.9 Å². The van der Waals surface area contributed by atoms with E-state index < -0.39 is 28.5 Å². The molecule has 0 aliphatic heterocycles. The van der Waals surface area contributed by atoms with E-state index in [0.717, 1.165) is 28.1 Å². The maximum absolute atomic E-state index is 14.2. The largest absolute Gasteiger partial charge is 0.352 e. The summed E-state index contributed by atoms with van der Waals surface area (Å²) in [4.78, 5) is 29.3. The van der Waals surface area contributed by atoms with Crippen LogP contribution in [0.1, 0.15) is 43.9 Å². The van der Waals surface area contributed by atoms with Crippen LogP contribution in [0, 0.1) is 0 Å². The highest BCUT2D eigenvalue weighted by atomic mass is 35.5. The summed E-state index contributed by atoms with van der Waals surface area (Å²) in [7, 11) is -3.85. The van der Waals surface area contributed by atoms with E-state index in [4.69, 9.17) is 23.2 Å². The zero-order valence-electron chi connectivity index (χ0n) is 23.8. The number of hydrogen-bond acceptors (Lipinski definition) is 4. The molecule has 0 saturated carbocycles. The van der Waals surface area contributed by atoms with E-state index in [9.17, 15) is 18.0 Å². The monoisotopic (exact) mass is 617 g/mol. The van der Waals surface area contributed by atoms with E-state index >= 15 is 0 Å². The van der Waals surface area contributed by atoms with Gasteiger partial charge in [0.2, 0.25) is 21.8 Å². The van der Waals surface area contributed by atoms with Gasteiger partial charge in [-0.05, 0) is 55.2 Å². The molecule has 41 heavy (non-hydrogen) atoms. The number of halogens is 2. The van der Waals surface area contributed by atoms with Crippen LogP contribution in [0.15, 0.2) is 72.8 Å². The second-order valence-electron chi connectivity index (χ2n) is 10.0. The number of benzene rings is 3. The van der Waals surface area contributed by atoms with Gasteiger partial charge in [0.25, 0.3) is 0 Å². The Morgan fingerprint density at radius 1 is 0.878 bits per heavy atom. The Bertz CT molecular complexity index is 1410. The van der Waals surface area contributed by atoms with Gasteiger partial charge in [0, 0.05) is 34.6 Å². The van der Waals surface area contributed by atoms with Crippen molar-refractivity contribution in [3.8, 4) is 0 Å². The van der Waals surface area contributed by atoms with Crippen LogP contribution in [-0.2, 0) is 39.0 Å². The summed E-state index contributed by atoms with van der Waals surface area (Å²) in [5, 5.41) is 3.68. The van der Waals surface area contributed by atoms with Crippen LogP contribution < -0.4 is 9.62 Å². The first-order valence-electron chi connectivity index (χ1n) is 13.6. The maximum Gasteiger partial charge on any atom is 0.244 e. The van der Waals surface area contributed by atoms with Crippen molar-refractivity contribution in [1.29, 1.82) is 0 Å². The minimum atomic E-state index is -3.85. The van der Waals surface area contributed by atoms with Crippen LogP contribution in [-0.4, -0.2) is 50.0 Å². The SMILES string of the molecule is CCc1ccc(N(CC(=O)N(Cc2c(Cl)cccc2Cl)[C@H](Cc2ccccc2)C(=O)N[C@H](C)CC)S(C)(=O)=O)cc1. The van der Waals surface area contributed by atoms with E-state index in [-0.39, 0.29) is 24.9 Å². The molecule has 3 aromatic carbocycles. The topological polar surface area (TPSA) is 86.8 Å². The number of hydrogen-bond donors (Lipinski definition) is 1. The van der Waals surface area contributed by atoms with Gasteiger partial charge < -0.3 is 10.2 Å². The summed E-state index contributed by atoms with van der Waals surface area (Å²) >= 11 is 13.0. The predicted octanol–water partition coefficient (Wildman–Crippen LogP) is 5.88. The summed E-state index contributed by atoms with van der Waals surface area (Å²) in [5.74, 6) is -0.913. The lowest BCUT2D eigenvalue weighted by Gasteiger charge is -2.34. The van der Waals surface area contributed by atoms with Crippen molar-refractivity contribution in [3.05, 3.63) is 99.5 Å². The molecular formula is C31H37Cl2N3O4S. The molecule has 3 aromatic rings. The quantitative estimate of drug-likeness (QED) is 0.260. The van der Waals surface area contributed by atoms with Crippen molar-refractivity contribution in [3.63, 3.8) is 0 Å². The van der Waals surface area contributed by atoms with Crippen LogP contribution in [0.25, 0.3) is 0 Å². The smallest absolute Gasteiger partial charge is 0.244 e. The molecule has 0 heterocycles. The molecule has 220 valence electrons. The normalized spacial score (nSPS) is 12.8. The molecule has 0 unspecified atom stereocenters. The molecule has 3 rings (SSSR count). The fourth-order valence-electron chi connectivity index (χ4n) is 4.36. The van der Waals surface area contributed by atoms with Crippen LogP contribution >= 0.6 is 23.2 Å². The van der Waals surface area contributed by atoms with Gasteiger partial charge >= 0.3 is 0 Å². The number of anilines is 1. The van der Waals surface area contributed by atoms with Gasteiger partial charge in [-0.3, -0.25) is 13.9 Å². The number of amides is 2. The zero-order chi connectivity index (χ0) is 30.2. The number of sulfonamides is 1. The van der Waals surface area contributed by atoms with Crippen molar-refractivity contribution < 1.29 is 18.0 Å². The van der Waals surface area contributed by atoms with E-state index in [1.807, 2.05) is 63.2 Å². The minimum Gasteiger partial charge on any atom is -0.352 e. The molecule has 0 fully saturated rings. The minimum absolute atomic E-state index is 0.0882. The Kier molecular flexibility index (Phi) is 11.6. The number of rotatable bonds is 13. The summed E-state index contributed by atoms with van der Waals surface area (Å²) < 4.78 is 26.9. The standard InChI is InChI=1S/C31H37Cl2N3O4S/c1-5-22(3)34-31(38)29(19-24-11-8-7-9-12-24)35(20-26-27(32)13-10-14-28(26)33)30(37)21-36(41(4,39)40)25-17-15-23(6-2)16-18-25/h7-18,22,29H,5-6,19-21H2,1-4H3,(H,34,38)/t22-,29-/m1/s1. The number of aryl methyl sites for hydroxylation is 1. The van der Waals surface area contributed by atoms with Gasteiger partial charge in [-0.25, -0.2) is 8.42 Å². The van der Waals surface area contributed by atoms with Gasteiger partial charge in [0.15, 0.2) is 0 Å². The first-order valence-corrected chi connectivity index (χ1v) is 16.2.